The third-order valence-corrected chi connectivity index (χ3v) is 4.97. The number of hydrogen-bond donors (Lipinski definition) is 1. The molecule has 2 nitrogen and oxygen atoms in total. The van der Waals surface area contributed by atoms with E-state index in [-0.39, 0.29) is 0 Å². The highest BCUT2D eigenvalue weighted by molar-refractivity contribution is 5.20. The van der Waals surface area contributed by atoms with Gasteiger partial charge in [-0.2, -0.15) is 0 Å². The van der Waals surface area contributed by atoms with Crippen LogP contribution in [0.2, 0.25) is 0 Å². The Labute approximate surface area is 123 Å². The van der Waals surface area contributed by atoms with Crippen molar-refractivity contribution in [2.24, 2.45) is 5.92 Å². The molecule has 1 aliphatic heterocycles. The zero-order valence-electron chi connectivity index (χ0n) is 12.7. The smallest absolute Gasteiger partial charge is 0.0472 e. The fourth-order valence-corrected chi connectivity index (χ4v) is 3.59. The number of nitrogens with zero attached hydrogens (tertiary/aromatic N) is 1. The van der Waals surface area contributed by atoms with E-state index in [9.17, 15) is 0 Å². The molecule has 2 unspecified atom stereocenters. The molecule has 0 bridgehead atoms. The predicted molar refractivity (Wildman–Crippen MR) is 84.8 cm³/mol. The number of benzene rings is 1. The molecule has 0 spiro atoms. The summed E-state index contributed by atoms with van der Waals surface area (Å²) in [6, 6.07) is 12.4. The van der Waals surface area contributed by atoms with E-state index in [1.54, 1.807) is 0 Å². The van der Waals surface area contributed by atoms with Crippen LogP contribution in [-0.2, 0) is 0 Å². The van der Waals surface area contributed by atoms with Crippen molar-refractivity contribution in [2.45, 2.75) is 51.1 Å². The van der Waals surface area contributed by atoms with Crippen molar-refractivity contribution in [2.75, 3.05) is 19.6 Å². The van der Waals surface area contributed by atoms with Crippen molar-refractivity contribution in [1.82, 2.24) is 10.2 Å². The minimum Gasteiger partial charge on any atom is -0.312 e. The Bertz CT molecular complexity index is 393. The van der Waals surface area contributed by atoms with Gasteiger partial charge < -0.3 is 5.32 Å². The molecule has 1 aromatic rings. The molecule has 20 heavy (non-hydrogen) atoms. The number of rotatable bonds is 7. The first-order valence-corrected chi connectivity index (χ1v) is 8.41. The Morgan fingerprint density at radius 3 is 2.45 bits per heavy atom. The average Bonchev–Trinajstić information content (AvgIpc) is 3.19. The van der Waals surface area contributed by atoms with E-state index >= 15 is 0 Å². The van der Waals surface area contributed by atoms with E-state index in [1.807, 2.05) is 0 Å². The first kappa shape index (κ1) is 14.1. The van der Waals surface area contributed by atoms with E-state index < -0.39 is 0 Å². The summed E-state index contributed by atoms with van der Waals surface area (Å²) in [5.74, 6) is 0.954. The summed E-state index contributed by atoms with van der Waals surface area (Å²) < 4.78 is 0. The Morgan fingerprint density at radius 1 is 1.15 bits per heavy atom. The van der Waals surface area contributed by atoms with E-state index in [1.165, 1.54) is 50.8 Å². The van der Waals surface area contributed by atoms with E-state index in [4.69, 9.17) is 0 Å². The molecule has 0 amide bonds. The van der Waals surface area contributed by atoms with Crippen molar-refractivity contribution in [3.8, 4) is 0 Å². The molecule has 2 aliphatic rings. The van der Waals surface area contributed by atoms with Crippen LogP contribution in [0.15, 0.2) is 30.3 Å². The van der Waals surface area contributed by atoms with Crippen LogP contribution in [-0.4, -0.2) is 30.6 Å². The summed E-state index contributed by atoms with van der Waals surface area (Å²) in [4.78, 5) is 2.67. The summed E-state index contributed by atoms with van der Waals surface area (Å²) in [6.07, 6.45) is 6.87. The summed E-state index contributed by atoms with van der Waals surface area (Å²) in [5.41, 5.74) is 1.48. The first-order valence-electron chi connectivity index (χ1n) is 8.41. The van der Waals surface area contributed by atoms with Gasteiger partial charge in [0.15, 0.2) is 0 Å². The highest BCUT2D eigenvalue weighted by Gasteiger charge is 2.31. The van der Waals surface area contributed by atoms with Gasteiger partial charge >= 0.3 is 0 Å². The lowest BCUT2D eigenvalue weighted by molar-refractivity contribution is 0.229. The van der Waals surface area contributed by atoms with Gasteiger partial charge in [0, 0.05) is 18.6 Å². The standard InChI is InChI=1S/C18H28N2/c1-2-17(15-10-11-15)19-14-18(20-12-6-7-13-20)16-8-4-3-5-9-16/h3-5,8-9,15,17-19H,2,6-7,10-14H2,1H3. The number of hydrogen-bond acceptors (Lipinski definition) is 2. The maximum atomic E-state index is 3.87. The van der Waals surface area contributed by atoms with Crippen molar-refractivity contribution < 1.29 is 0 Å². The summed E-state index contributed by atoms with van der Waals surface area (Å²) >= 11 is 0. The molecule has 0 radical (unpaired) electrons. The average molecular weight is 272 g/mol. The van der Waals surface area contributed by atoms with Crippen LogP contribution >= 0.6 is 0 Å². The molecule has 1 saturated heterocycles. The zero-order valence-corrected chi connectivity index (χ0v) is 12.7. The van der Waals surface area contributed by atoms with Gasteiger partial charge in [0.25, 0.3) is 0 Å². The van der Waals surface area contributed by atoms with Gasteiger partial charge in [0.1, 0.15) is 0 Å². The minimum absolute atomic E-state index is 0.562. The fraction of sp³-hybridized carbons (Fsp3) is 0.667. The minimum atomic E-state index is 0.562. The molecule has 110 valence electrons. The highest BCUT2D eigenvalue weighted by Crippen LogP contribution is 2.34. The van der Waals surface area contributed by atoms with Crippen LogP contribution in [0, 0.1) is 5.92 Å². The Morgan fingerprint density at radius 2 is 1.85 bits per heavy atom. The Balaban J connectivity index is 1.65. The lowest BCUT2D eigenvalue weighted by Crippen LogP contribution is -2.39. The molecule has 2 fully saturated rings. The Kier molecular flexibility index (Phi) is 4.74. The van der Waals surface area contributed by atoms with Crippen LogP contribution in [0.1, 0.15) is 50.6 Å². The molecule has 1 heterocycles. The van der Waals surface area contributed by atoms with Gasteiger partial charge in [0.2, 0.25) is 0 Å². The van der Waals surface area contributed by atoms with Crippen molar-refractivity contribution in [3.63, 3.8) is 0 Å². The second-order valence-electron chi connectivity index (χ2n) is 6.43. The molecular weight excluding hydrogens is 244 g/mol. The number of nitrogens with one attached hydrogen (secondary N) is 1. The second kappa shape index (κ2) is 6.73. The lowest BCUT2D eigenvalue weighted by Gasteiger charge is -2.30. The maximum absolute atomic E-state index is 3.87. The highest BCUT2D eigenvalue weighted by atomic mass is 15.2. The van der Waals surface area contributed by atoms with Crippen molar-refractivity contribution >= 4 is 0 Å². The van der Waals surface area contributed by atoms with Crippen LogP contribution in [0.4, 0.5) is 0 Å². The van der Waals surface area contributed by atoms with E-state index in [0.717, 1.165) is 18.5 Å². The number of likely N-dealkylation sites (tertiary alicyclic amines) is 1. The molecule has 2 heteroatoms. The van der Waals surface area contributed by atoms with Gasteiger partial charge in [-0.25, -0.2) is 0 Å². The molecule has 1 aromatic carbocycles. The van der Waals surface area contributed by atoms with Crippen molar-refractivity contribution in [3.05, 3.63) is 35.9 Å². The lowest BCUT2D eigenvalue weighted by atomic mass is 10.0. The fourth-order valence-electron chi connectivity index (χ4n) is 3.59. The quantitative estimate of drug-likeness (QED) is 0.816. The normalized spacial score (nSPS) is 22.9. The molecule has 3 rings (SSSR count). The third-order valence-electron chi connectivity index (χ3n) is 4.97. The van der Waals surface area contributed by atoms with E-state index in [2.05, 4.69) is 47.5 Å². The van der Waals surface area contributed by atoms with Crippen LogP contribution in [0.3, 0.4) is 0 Å². The van der Waals surface area contributed by atoms with Gasteiger partial charge in [-0.15, -0.1) is 0 Å². The molecule has 1 saturated carbocycles. The third kappa shape index (κ3) is 3.42. The molecule has 1 aliphatic carbocycles. The molecule has 1 N–H and O–H groups in total. The van der Waals surface area contributed by atoms with Gasteiger partial charge in [-0.05, 0) is 56.7 Å². The Hall–Kier alpha value is -0.860. The largest absolute Gasteiger partial charge is 0.312 e. The topological polar surface area (TPSA) is 15.3 Å². The molecule has 0 aromatic heterocycles. The monoisotopic (exact) mass is 272 g/mol. The maximum Gasteiger partial charge on any atom is 0.0472 e. The summed E-state index contributed by atoms with van der Waals surface area (Å²) in [5, 5.41) is 3.87. The summed E-state index contributed by atoms with van der Waals surface area (Å²) in [7, 11) is 0. The zero-order chi connectivity index (χ0) is 13.8. The first-order chi connectivity index (χ1) is 9.88. The van der Waals surface area contributed by atoms with Crippen LogP contribution in [0.5, 0.6) is 0 Å². The van der Waals surface area contributed by atoms with Crippen molar-refractivity contribution in [1.29, 1.82) is 0 Å². The predicted octanol–water partition coefficient (Wildman–Crippen LogP) is 3.60. The van der Waals surface area contributed by atoms with E-state index in [0.29, 0.717) is 6.04 Å². The van der Waals surface area contributed by atoms with Gasteiger partial charge in [-0.1, -0.05) is 37.3 Å². The van der Waals surface area contributed by atoms with Crippen LogP contribution in [0.25, 0.3) is 0 Å². The van der Waals surface area contributed by atoms with Gasteiger partial charge in [0.05, 0.1) is 0 Å². The summed E-state index contributed by atoms with van der Waals surface area (Å²) in [6.45, 7) is 5.96. The van der Waals surface area contributed by atoms with Crippen LogP contribution < -0.4 is 5.32 Å². The van der Waals surface area contributed by atoms with Gasteiger partial charge in [-0.3, -0.25) is 4.90 Å². The molecular formula is C18H28N2. The second-order valence-corrected chi connectivity index (χ2v) is 6.43. The molecule has 2 atom stereocenters. The SMILES string of the molecule is CCC(NCC(c1ccccc1)N1CCCC1)C1CC1.